The molecule has 1 aliphatic rings. The van der Waals surface area contributed by atoms with Crippen molar-refractivity contribution in [3.63, 3.8) is 0 Å². The van der Waals surface area contributed by atoms with Gasteiger partial charge in [-0.25, -0.2) is 0 Å². The summed E-state index contributed by atoms with van der Waals surface area (Å²) in [4.78, 5) is 32.7. The number of carbonyl (C=O) groups is 2. The molecule has 39 heavy (non-hydrogen) atoms. The molecule has 0 aliphatic carbocycles. The lowest BCUT2D eigenvalue weighted by Gasteiger charge is -2.35. The van der Waals surface area contributed by atoms with Gasteiger partial charge >= 0.3 is 0 Å². The summed E-state index contributed by atoms with van der Waals surface area (Å²) >= 11 is 0. The highest BCUT2D eigenvalue weighted by Gasteiger charge is 2.33. The van der Waals surface area contributed by atoms with Gasteiger partial charge in [0.25, 0.3) is 5.91 Å². The number of nitrogens with zero attached hydrogens (tertiary/aromatic N) is 4. The van der Waals surface area contributed by atoms with E-state index in [1.807, 2.05) is 87.0 Å². The minimum absolute atomic E-state index is 0.0600. The Morgan fingerprint density at radius 2 is 1.82 bits per heavy atom. The molecular weight excluding hydrogens is 492 g/mol. The van der Waals surface area contributed by atoms with Gasteiger partial charge in [-0.15, -0.1) is 0 Å². The molecule has 0 spiro atoms. The summed E-state index contributed by atoms with van der Waals surface area (Å²) in [5, 5.41) is 11.2. The molecule has 8 heteroatoms. The maximum absolute atomic E-state index is 14.4. The van der Waals surface area contributed by atoms with E-state index in [1.165, 1.54) is 0 Å². The van der Waals surface area contributed by atoms with Gasteiger partial charge in [-0.3, -0.25) is 9.59 Å². The number of aromatic nitrogens is 1. The summed E-state index contributed by atoms with van der Waals surface area (Å²) in [7, 11) is 7.65. The number of aryl methyl sites for hydroxylation is 1. The summed E-state index contributed by atoms with van der Waals surface area (Å²) in [6.45, 7) is 5.62. The third-order valence-electron chi connectivity index (χ3n) is 7.88. The van der Waals surface area contributed by atoms with Gasteiger partial charge in [-0.2, -0.15) is 0 Å². The quantitative estimate of drug-likeness (QED) is 0.501. The van der Waals surface area contributed by atoms with Crippen molar-refractivity contribution in [2.24, 2.45) is 13.0 Å². The van der Waals surface area contributed by atoms with Gasteiger partial charge in [-0.05, 0) is 38.2 Å². The third kappa shape index (κ3) is 6.03. The predicted molar refractivity (Wildman–Crippen MR) is 154 cm³/mol. The molecular formula is C31H42N4O4. The Hall–Kier alpha value is -3.20. The van der Waals surface area contributed by atoms with Gasteiger partial charge in [-0.1, -0.05) is 49.4 Å². The van der Waals surface area contributed by atoms with E-state index >= 15 is 0 Å². The molecule has 0 bridgehead atoms. The molecule has 4 rings (SSSR count). The van der Waals surface area contributed by atoms with Crippen molar-refractivity contribution < 1.29 is 19.4 Å². The van der Waals surface area contributed by atoms with E-state index in [1.54, 1.807) is 9.80 Å². The highest BCUT2D eigenvalue weighted by molar-refractivity contribution is 6.10. The van der Waals surface area contributed by atoms with E-state index in [2.05, 4.69) is 13.0 Å². The minimum atomic E-state index is -0.387. The number of ether oxygens (including phenoxy) is 1. The van der Waals surface area contributed by atoms with Crippen LogP contribution in [-0.4, -0.2) is 95.7 Å². The zero-order valence-corrected chi connectivity index (χ0v) is 24.1. The van der Waals surface area contributed by atoms with Gasteiger partial charge in [0.05, 0.1) is 25.4 Å². The first-order chi connectivity index (χ1) is 18.6. The lowest BCUT2D eigenvalue weighted by Crippen LogP contribution is -2.48. The van der Waals surface area contributed by atoms with E-state index in [-0.39, 0.29) is 36.5 Å². The van der Waals surface area contributed by atoms with Crippen molar-refractivity contribution >= 4 is 22.7 Å². The summed E-state index contributed by atoms with van der Waals surface area (Å²) in [6, 6.07) is 15.7. The summed E-state index contributed by atoms with van der Waals surface area (Å²) in [6.07, 6.45) is 0.132. The second-order valence-corrected chi connectivity index (χ2v) is 11.1. The monoisotopic (exact) mass is 534 g/mol. The normalized spacial score (nSPS) is 19.0. The number of aliphatic hydroxyl groups is 1. The maximum atomic E-state index is 14.4. The van der Waals surface area contributed by atoms with E-state index in [9.17, 15) is 14.7 Å². The van der Waals surface area contributed by atoms with Gasteiger partial charge in [0.15, 0.2) is 0 Å². The van der Waals surface area contributed by atoms with Crippen LogP contribution in [-0.2, 0) is 23.2 Å². The number of aliphatic hydroxyl groups excluding tert-OH is 1. The number of carbonyl (C=O) groups excluding carboxylic acids is 2. The average Bonchev–Trinajstić information content (AvgIpc) is 3.22. The zero-order valence-electron chi connectivity index (χ0n) is 24.1. The Morgan fingerprint density at radius 1 is 1.13 bits per heavy atom. The van der Waals surface area contributed by atoms with E-state index < -0.39 is 0 Å². The van der Waals surface area contributed by atoms with Crippen LogP contribution in [0.1, 0.15) is 36.3 Å². The van der Waals surface area contributed by atoms with Crippen LogP contribution in [0.2, 0.25) is 0 Å². The van der Waals surface area contributed by atoms with E-state index in [0.29, 0.717) is 38.4 Å². The molecule has 1 aliphatic heterocycles. The molecule has 0 fully saturated rings. The number of amides is 2. The van der Waals surface area contributed by atoms with Crippen LogP contribution in [0.25, 0.3) is 22.0 Å². The number of fused-ring (bicyclic) bond motifs is 5. The molecule has 3 aromatic rings. The minimum Gasteiger partial charge on any atom is -0.394 e. The predicted octanol–water partition coefficient (Wildman–Crippen LogP) is 3.61. The van der Waals surface area contributed by atoms with E-state index in [0.717, 1.165) is 27.6 Å². The lowest BCUT2D eigenvalue weighted by atomic mass is 9.96. The van der Waals surface area contributed by atoms with Gasteiger partial charge < -0.3 is 29.1 Å². The van der Waals surface area contributed by atoms with Gasteiger partial charge in [0.1, 0.15) is 5.69 Å². The van der Waals surface area contributed by atoms with Gasteiger partial charge in [0, 0.05) is 62.5 Å². The number of hydrogen-bond acceptors (Lipinski definition) is 5. The van der Waals surface area contributed by atoms with Crippen molar-refractivity contribution in [3.8, 4) is 11.1 Å². The number of hydrogen-bond donors (Lipinski definition) is 1. The first-order valence-corrected chi connectivity index (χ1v) is 13.7. The Morgan fingerprint density at radius 3 is 2.54 bits per heavy atom. The fourth-order valence-electron chi connectivity index (χ4n) is 5.41. The van der Waals surface area contributed by atoms with Crippen LogP contribution in [0.4, 0.5) is 0 Å². The molecule has 1 aromatic heterocycles. The molecule has 2 amide bonds. The smallest absolute Gasteiger partial charge is 0.271 e. The van der Waals surface area contributed by atoms with Gasteiger partial charge in [0.2, 0.25) is 5.91 Å². The Bertz CT molecular complexity index is 1320. The van der Waals surface area contributed by atoms with Crippen LogP contribution in [0, 0.1) is 5.92 Å². The number of likely N-dealkylation sites (N-methyl/N-ethyl adjacent to an activating group) is 1. The lowest BCUT2D eigenvalue weighted by molar-refractivity contribution is -0.133. The van der Waals surface area contributed by atoms with Crippen molar-refractivity contribution in [1.29, 1.82) is 0 Å². The average molecular weight is 535 g/mol. The molecule has 210 valence electrons. The summed E-state index contributed by atoms with van der Waals surface area (Å²) < 4.78 is 8.55. The largest absolute Gasteiger partial charge is 0.394 e. The van der Waals surface area contributed by atoms with Crippen molar-refractivity contribution in [2.45, 2.75) is 39.0 Å². The Labute approximate surface area is 231 Å². The standard InChI is InChI=1S/C31H42N4O4/c1-21-17-35(22(2)19-36)31(38)30-29(25-13-9-10-14-26(25)34(30)6)24-12-8-7-11-23(24)20-39-27(21)18-33(5)28(37)15-16-32(3)4/h7-14,21-22,27,36H,15-20H2,1-6H3/t21-,22+,27+/m0/s1. The fraction of sp³-hybridized carbons (Fsp3) is 0.484. The first kappa shape index (κ1) is 28.8. The van der Waals surface area contributed by atoms with Crippen LogP contribution in [0.15, 0.2) is 48.5 Å². The fourth-order valence-corrected chi connectivity index (χ4v) is 5.41. The molecule has 8 nitrogen and oxygen atoms in total. The van der Waals surface area contributed by atoms with Crippen LogP contribution in [0.5, 0.6) is 0 Å². The highest BCUT2D eigenvalue weighted by atomic mass is 16.5. The van der Waals surface area contributed by atoms with Crippen molar-refractivity contribution in [2.75, 3.05) is 47.4 Å². The van der Waals surface area contributed by atoms with Crippen LogP contribution < -0.4 is 0 Å². The molecule has 0 radical (unpaired) electrons. The molecule has 1 N–H and O–H groups in total. The summed E-state index contributed by atoms with van der Waals surface area (Å²) in [5.41, 5.74) is 4.41. The molecule has 0 saturated heterocycles. The van der Waals surface area contributed by atoms with Crippen LogP contribution >= 0.6 is 0 Å². The van der Waals surface area contributed by atoms with E-state index in [4.69, 9.17) is 4.74 Å². The van der Waals surface area contributed by atoms with Crippen molar-refractivity contribution in [1.82, 2.24) is 19.3 Å². The van der Waals surface area contributed by atoms with Crippen LogP contribution in [0.3, 0.4) is 0 Å². The second-order valence-electron chi connectivity index (χ2n) is 11.1. The summed E-state index contributed by atoms with van der Waals surface area (Å²) in [5.74, 6) is -0.150. The molecule has 2 aromatic carbocycles. The molecule has 0 unspecified atom stereocenters. The third-order valence-corrected chi connectivity index (χ3v) is 7.88. The molecule has 3 atom stereocenters. The Balaban J connectivity index is 1.80. The number of rotatable bonds is 7. The van der Waals surface area contributed by atoms with Crippen molar-refractivity contribution in [3.05, 3.63) is 59.8 Å². The zero-order chi connectivity index (χ0) is 28.3. The highest BCUT2D eigenvalue weighted by Crippen LogP contribution is 2.38. The Kier molecular flexibility index (Phi) is 9.10. The first-order valence-electron chi connectivity index (χ1n) is 13.7. The maximum Gasteiger partial charge on any atom is 0.271 e. The number of para-hydroxylation sites is 1. The topological polar surface area (TPSA) is 78.2 Å². The molecule has 2 heterocycles. The number of benzene rings is 2. The SMILES string of the molecule is C[C@H](CO)N1C[C@H](C)[C@@H](CN(C)C(=O)CCN(C)C)OCc2ccccc2-c2c(n(C)c3ccccc23)C1=O. The second kappa shape index (κ2) is 12.3. The molecule has 0 saturated carbocycles.